The first-order valence-corrected chi connectivity index (χ1v) is 9.85. The highest BCUT2D eigenvalue weighted by atomic mass is 35.5. The van der Waals surface area contributed by atoms with Gasteiger partial charge in [-0.3, -0.25) is 4.79 Å². The van der Waals surface area contributed by atoms with E-state index < -0.39 is 0 Å². The van der Waals surface area contributed by atoms with Crippen LogP contribution in [-0.2, 0) is 17.8 Å². The number of amides is 1. The molecule has 0 spiro atoms. The molecule has 2 aromatic rings. The summed E-state index contributed by atoms with van der Waals surface area (Å²) in [6.45, 7) is 2.86. The molecule has 27 heavy (non-hydrogen) atoms. The number of piperidine rings is 1. The molecule has 0 aliphatic carbocycles. The summed E-state index contributed by atoms with van der Waals surface area (Å²) in [6.07, 6.45) is 4.14. The van der Waals surface area contributed by atoms with Gasteiger partial charge in [-0.25, -0.2) is 0 Å². The van der Waals surface area contributed by atoms with Gasteiger partial charge in [-0.05, 0) is 55.2 Å². The number of rotatable bonds is 6. The van der Waals surface area contributed by atoms with Gasteiger partial charge < -0.3 is 14.5 Å². The Balaban J connectivity index is 1.60. The molecule has 4 nitrogen and oxygen atoms in total. The van der Waals surface area contributed by atoms with Crippen LogP contribution in [0.4, 0.5) is 5.69 Å². The summed E-state index contributed by atoms with van der Waals surface area (Å²) in [4.78, 5) is 16.8. The van der Waals surface area contributed by atoms with Gasteiger partial charge in [0.15, 0.2) is 0 Å². The first kappa shape index (κ1) is 19.6. The van der Waals surface area contributed by atoms with Crippen LogP contribution >= 0.6 is 11.6 Å². The summed E-state index contributed by atoms with van der Waals surface area (Å²) < 4.78 is 5.34. The molecule has 5 heteroatoms. The van der Waals surface area contributed by atoms with E-state index in [0.29, 0.717) is 17.3 Å². The highest BCUT2D eigenvalue weighted by molar-refractivity contribution is 6.30. The van der Waals surface area contributed by atoms with Crippen LogP contribution in [0.2, 0.25) is 5.02 Å². The smallest absolute Gasteiger partial charge is 0.227 e. The zero-order valence-electron chi connectivity index (χ0n) is 16.1. The minimum absolute atomic E-state index is 0.0377. The second kappa shape index (κ2) is 9.14. The number of hydrogen-bond acceptors (Lipinski definition) is 3. The maximum atomic E-state index is 12.6. The van der Waals surface area contributed by atoms with Crippen LogP contribution in [0, 0.1) is 0 Å². The van der Waals surface area contributed by atoms with Crippen molar-refractivity contribution in [1.82, 2.24) is 4.90 Å². The number of anilines is 1. The molecule has 3 rings (SSSR count). The van der Waals surface area contributed by atoms with Crippen LogP contribution in [0.3, 0.4) is 0 Å². The van der Waals surface area contributed by atoms with Crippen molar-refractivity contribution in [1.29, 1.82) is 0 Å². The number of carbonyl (C=O) groups excluding carboxylic acids is 1. The largest absolute Gasteiger partial charge is 0.496 e. The Morgan fingerprint density at radius 1 is 1.11 bits per heavy atom. The topological polar surface area (TPSA) is 32.8 Å². The van der Waals surface area contributed by atoms with Gasteiger partial charge in [-0.15, -0.1) is 0 Å². The van der Waals surface area contributed by atoms with Gasteiger partial charge in [0.1, 0.15) is 5.75 Å². The van der Waals surface area contributed by atoms with Crippen molar-refractivity contribution in [3.8, 4) is 5.75 Å². The predicted molar refractivity (Wildman–Crippen MR) is 111 cm³/mol. The normalized spacial score (nSPS) is 14.1. The van der Waals surface area contributed by atoms with Crippen molar-refractivity contribution in [3.05, 3.63) is 58.6 Å². The van der Waals surface area contributed by atoms with Gasteiger partial charge in [-0.1, -0.05) is 23.7 Å². The van der Waals surface area contributed by atoms with E-state index in [-0.39, 0.29) is 12.3 Å². The molecule has 0 bridgehead atoms. The molecule has 0 N–H and O–H groups in total. The Labute approximate surface area is 166 Å². The monoisotopic (exact) mass is 386 g/mol. The molecule has 1 aliphatic heterocycles. The quantitative estimate of drug-likeness (QED) is 0.730. The number of hydrogen-bond donors (Lipinski definition) is 0. The van der Waals surface area contributed by atoms with Crippen molar-refractivity contribution in [2.75, 3.05) is 32.1 Å². The van der Waals surface area contributed by atoms with Gasteiger partial charge in [-0.2, -0.15) is 0 Å². The number of benzene rings is 2. The van der Waals surface area contributed by atoms with E-state index in [1.165, 1.54) is 24.9 Å². The van der Waals surface area contributed by atoms with Gasteiger partial charge in [0.2, 0.25) is 5.91 Å². The number of nitrogens with zero attached hydrogens (tertiary/aromatic N) is 2. The number of ether oxygens (including phenoxy) is 1. The Morgan fingerprint density at radius 2 is 1.81 bits per heavy atom. The van der Waals surface area contributed by atoms with Crippen LogP contribution < -0.4 is 9.64 Å². The molecule has 144 valence electrons. The highest BCUT2D eigenvalue weighted by Gasteiger charge is 2.15. The third kappa shape index (κ3) is 5.16. The summed E-state index contributed by atoms with van der Waals surface area (Å²) in [5.74, 6) is 0.725. The van der Waals surface area contributed by atoms with E-state index in [1.807, 2.05) is 7.05 Å². The zero-order valence-corrected chi connectivity index (χ0v) is 16.8. The Bertz CT molecular complexity index is 770. The summed E-state index contributed by atoms with van der Waals surface area (Å²) >= 11 is 6.06. The van der Waals surface area contributed by atoms with Crippen molar-refractivity contribution in [3.63, 3.8) is 0 Å². The first-order chi connectivity index (χ1) is 13.1. The average Bonchev–Trinajstić information content (AvgIpc) is 2.69. The van der Waals surface area contributed by atoms with E-state index in [2.05, 4.69) is 29.2 Å². The van der Waals surface area contributed by atoms with Gasteiger partial charge in [0.05, 0.1) is 13.5 Å². The molecule has 2 aromatic carbocycles. The lowest BCUT2D eigenvalue weighted by molar-refractivity contribution is -0.129. The van der Waals surface area contributed by atoms with E-state index in [4.69, 9.17) is 16.3 Å². The fraction of sp³-hybridized carbons (Fsp3) is 0.409. The first-order valence-electron chi connectivity index (χ1n) is 9.47. The maximum Gasteiger partial charge on any atom is 0.227 e. The Hall–Kier alpha value is -2.20. The standard InChI is InChI=1S/C22H27ClN2O2/c1-24(22(26)15-18-14-19(23)8-11-21(18)27-2)16-17-6-9-20(10-7-17)25-12-4-3-5-13-25/h6-11,14H,3-5,12-13,15-16H2,1-2H3. The van der Waals surface area contributed by atoms with Crippen LogP contribution in [-0.4, -0.2) is 38.1 Å². The summed E-state index contributed by atoms with van der Waals surface area (Å²) in [5.41, 5.74) is 3.21. The zero-order chi connectivity index (χ0) is 19.2. The van der Waals surface area contributed by atoms with Crippen LogP contribution in [0.5, 0.6) is 5.75 Å². The molecule has 1 fully saturated rings. The van der Waals surface area contributed by atoms with E-state index in [0.717, 1.165) is 24.2 Å². The van der Waals surface area contributed by atoms with Crippen molar-refractivity contribution >= 4 is 23.2 Å². The molecule has 0 aromatic heterocycles. The third-order valence-electron chi connectivity index (χ3n) is 5.09. The molecule has 1 saturated heterocycles. The van der Waals surface area contributed by atoms with Gasteiger partial charge in [0, 0.05) is 43.0 Å². The fourth-order valence-electron chi connectivity index (χ4n) is 3.51. The van der Waals surface area contributed by atoms with Crippen molar-refractivity contribution in [2.45, 2.75) is 32.2 Å². The predicted octanol–water partition coefficient (Wildman–Crippen LogP) is 4.54. The molecular weight excluding hydrogens is 360 g/mol. The second-order valence-electron chi connectivity index (χ2n) is 7.10. The lowest BCUT2D eigenvalue weighted by Gasteiger charge is -2.29. The molecule has 1 heterocycles. The van der Waals surface area contributed by atoms with Gasteiger partial charge in [0.25, 0.3) is 0 Å². The summed E-state index contributed by atoms with van der Waals surface area (Å²) in [6, 6.07) is 13.9. The van der Waals surface area contributed by atoms with E-state index >= 15 is 0 Å². The minimum atomic E-state index is 0.0377. The Morgan fingerprint density at radius 3 is 2.48 bits per heavy atom. The number of carbonyl (C=O) groups is 1. The highest BCUT2D eigenvalue weighted by Crippen LogP contribution is 2.24. The third-order valence-corrected chi connectivity index (χ3v) is 5.32. The van der Waals surface area contributed by atoms with Crippen LogP contribution in [0.25, 0.3) is 0 Å². The molecule has 0 radical (unpaired) electrons. The van der Waals surface area contributed by atoms with Crippen molar-refractivity contribution < 1.29 is 9.53 Å². The van der Waals surface area contributed by atoms with E-state index in [1.54, 1.807) is 30.2 Å². The second-order valence-corrected chi connectivity index (χ2v) is 7.53. The summed E-state index contributed by atoms with van der Waals surface area (Å²) in [7, 11) is 3.43. The molecule has 1 amide bonds. The molecule has 0 unspecified atom stereocenters. The number of likely N-dealkylation sites (N-methyl/N-ethyl adjacent to an activating group) is 1. The van der Waals surface area contributed by atoms with E-state index in [9.17, 15) is 4.79 Å². The van der Waals surface area contributed by atoms with Crippen LogP contribution in [0.15, 0.2) is 42.5 Å². The molecular formula is C22H27ClN2O2. The lowest BCUT2D eigenvalue weighted by atomic mass is 10.1. The lowest BCUT2D eigenvalue weighted by Crippen LogP contribution is -2.29. The SMILES string of the molecule is COc1ccc(Cl)cc1CC(=O)N(C)Cc1ccc(N2CCCCC2)cc1. The average molecular weight is 387 g/mol. The number of halogens is 1. The van der Waals surface area contributed by atoms with Crippen LogP contribution in [0.1, 0.15) is 30.4 Å². The molecule has 0 atom stereocenters. The molecule has 0 saturated carbocycles. The van der Waals surface area contributed by atoms with Gasteiger partial charge >= 0.3 is 0 Å². The summed E-state index contributed by atoms with van der Waals surface area (Å²) in [5, 5.41) is 0.606. The minimum Gasteiger partial charge on any atom is -0.496 e. The fourth-order valence-corrected chi connectivity index (χ4v) is 3.70. The Kier molecular flexibility index (Phi) is 6.62. The maximum absolute atomic E-state index is 12.6. The van der Waals surface area contributed by atoms with Crippen molar-refractivity contribution in [2.24, 2.45) is 0 Å². The number of methoxy groups -OCH3 is 1. The molecule has 1 aliphatic rings.